The molecule has 0 saturated heterocycles. The molecule has 0 aliphatic heterocycles. The monoisotopic (exact) mass is 485 g/mol. The van der Waals surface area contributed by atoms with Gasteiger partial charge < -0.3 is 5.32 Å². The molecule has 1 atom stereocenters. The Morgan fingerprint density at radius 2 is 1.94 bits per heavy atom. The molecule has 8 nitrogen and oxygen atoms in total. The van der Waals surface area contributed by atoms with Crippen LogP contribution in [0.15, 0.2) is 46.0 Å². The van der Waals surface area contributed by atoms with Crippen molar-refractivity contribution in [1.82, 2.24) is 24.1 Å². The van der Waals surface area contributed by atoms with Gasteiger partial charge in [0.25, 0.3) is 11.5 Å². The molecule has 0 saturated carbocycles. The van der Waals surface area contributed by atoms with Gasteiger partial charge in [0, 0.05) is 23.2 Å². The third-order valence-electron chi connectivity index (χ3n) is 5.81. The van der Waals surface area contributed by atoms with Crippen molar-refractivity contribution in [3.05, 3.63) is 79.2 Å². The largest absolute Gasteiger partial charge is 0.352 e. The molecule has 178 valence electrons. The van der Waals surface area contributed by atoms with Gasteiger partial charge in [-0.2, -0.15) is 0 Å². The molecule has 0 fully saturated rings. The summed E-state index contributed by atoms with van der Waals surface area (Å²) in [6, 6.07) is 8.58. The zero-order chi connectivity index (χ0) is 24.6. The van der Waals surface area contributed by atoms with E-state index in [1.54, 1.807) is 12.1 Å². The number of nitrogens with zero attached hydrogens (tertiary/aromatic N) is 4. The average Bonchev–Trinajstić information content (AvgIpc) is 3.13. The minimum Gasteiger partial charge on any atom is -0.350 e. The summed E-state index contributed by atoms with van der Waals surface area (Å²) < 4.78 is 17.4. The third kappa shape index (κ3) is 4.23. The van der Waals surface area contributed by atoms with E-state index < -0.39 is 11.5 Å². The number of halogens is 2. The molecule has 4 aromatic rings. The molecule has 10 heteroatoms. The van der Waals surface area contributed by atoms with Crippen LogP contribution in [0, 0.1) is 5.82 Å². The van der Waals surface area contributed by atoms with Gasteiger partial charge in [0.1, 0.15) is 5.82 Å². The lowest BCUT2D eigenvalue weighted by Crippen LogP contribution is -2.32. The second kappa shape index (κ2) is 9.42. The predicted molar refractivity (Wildman–Crippen MR) is 129 cm³/mol. The maximum atomic E-state index is 13.5. The van der Waals surface area contributed by atoms with Crippen molar-refractivity contribution < 1.29 is 9.18 Å². The van der Waals surface area contributed by atoms with Crippen LogP contribution in [0.5, 0.6) is 0 Å². The number of nitrogens with one attached hydrogen (secondary N) is 1. The predicted octanol–water partition coefficient (Wildman–Crippen LogP) is 3.59. The van der Waals surface area contributed by atoms with Gasteiger partial charge in [0.15, 0.2) is 0 Å². The van der Waals surface area contributed by atoms with E-state index >= 15 is 0 Å². The number of rotatable bonds is 7. The zero-order valence-electron chi connectivity index (χ0n) is 19.1. The van der Waals surface area contributed by atoms with Gasteiger partial charge in [0.2, 0.25) is 5.78 Å². The van der Waals surface area contributed by atoms with Crippen LogP contribution >= 0.6 is 11.6 Å². The first kappa shape index (κ1) is 23.7. The van der Waals surface area contributed by atoms with Gasteiger partial charge in [-0.25, -0.2) is 18.3 Å². The Kier molecular flexibility index (Phi) is 6.56. The standard InChI is InChI=1S/C24H25ClFN5O3/c1-4-10-29-22(33)18-9-7-15(21(32)27-14(3)5-2)11-20(18)31-23(29)28-30(24(31)34)13-16-6-8-17(26)12-19(16)25/h6-9,11-12,14H,4-5,10,13H2,1-3H3,(H,27,32). The highest BCUT2D eigenvalue weighted by Gasteiger charge is 2.19. The van der Waals surface area contributed by atoms with Gasteiger partial charge in [0.05, 0.1) is 17.4 Å². The molecule has 2 aromatic carbocycles. The molecule has 34 heavy (non-hydrogen) atoms. The Labute approximate surface area is 199 Å². The minimum absolute atomic E-state index is 0.00434. The number of benzene rings is 2. The molecule has 1 amide bonds. The molecule has 2 aromatic heterocycles. The highest BCUT2D eigenvalue weighted by atomic mass is 35.5. The van der Waals surface area contributed by atoms with Crippen LogP contribution in [0.4, 0.5) is 4.39 Å². The fourth-order valence-corrected chi connectivity index (χ4v) is 4.03. The number of amides is 1. The van der Waals surface area contributed by atoms with E-state index in [0.717, 1.165) is 6.42 Å². The number of fused-ring (bicyclic) bond motifs is 3. The summed E-state index contributed by atoms with van der Waals surface area (Å²) in [6.07, 6.45) is 1.42. The average molecular weight is 486 g/mol. The number of aromatic nitrogens is 4. The Hall–Kier alpha value is -3.46. The molecule has 2 heterocycles. The highest BCUT2D eigenvalue weighted by Crippen LogP contribution is 2.19. The summed E-state index contributed by atoms with van der Waals surface area (Å²) in [7, 11) is 0. The van der Waals surface area contributed by atoms with Crippen molar-refractivity contribution in [2.24, 2.45) is 0 Å². The van der Waals surface area contributed by atoms with Crippen LogP contribution in [0.25, 0.3) is 16.7 Å². The quantitative estimate of drug-likeness (QED) is 0.433. The third-order valence-corrected chi connectivity index (χ3v) is 6.16. The van der Waals surface area contributed by atoms with E-state index in [2.05, 4.69) is 10.4 Å². The van der Waals surface area contributed by atoms with E-state index in [-0.39, 0.29) is 34.9 Å². The number of hydrogen-bond donors (Lipinski definition) is 1. The Morgan fingerprint density at radius 1 is 1.18 bits per heavy atom. The molecular formula is C24H25ClFN5O3. The molecule has 0 spiro atoms. The van der Waals surface area contributed by atoms with Crippen molar-refractivity contribution in [3.63, 3.8) is 0 Å². The van der Waals surface area contributed by atoms with Crippen LogP contribution in [-0.2, 0) is 13.1 Å². The van der Waals surface area contributed by atoms with Crippen molar-refractivity contribution in [3.8, 4) is 0 Å². The smallest absolute Gasteiger partial charge is 0.350 e. The van der Waals surface area contributed by atoms with Gasteiger partial charge in [-0.1, -0.05) is 31.5 Å². The van der Waals surface area contributed by atoms with Crippen molar-refractivity contribution in [1.29, 1.82) is 0 Å². The topological polar surface area (TPSA) is 90.4 Å². The minimum atomic E-state index is -0.496. The van der Waals surface area contributed by atoms with Gasteiger partial charge in [-0.05, 0) is 55.7 Å². The second-order valence-electron chi connectivity index (χ2n) is 8.28. The Balaban J connectivity index is 1.94. The number of aryl methyl sites for hydroxylation is 1. The number of carbonyl (C=O) groups is 1. The summed E-state index contributed by atoms with van der Waals surface area (Å²) in [4.78, 5) is 39.4. The normalized spacial score (nSPS) is 12.4. The molecule has 1 N–H and O–H groups in total. The lowest BCUT2D eigenvalue weighted by atomic mass is 10.1. The SMILES string of the molecule is CCCn1c(=O)c2ccc(C(=O)NC(C)CC)cc2n2c(=O)n(Cc3ccc(F)cc3Cl)nc12. The molecular weight excluding hydrogens is 461 g/mol. The van der Waals surface area contributed by atoms with Gasteiger partial charge >= 0.3 is 5.69 Å². The molecule has 0 aliphatic rings. The van der Waals surface area contributed by atoms with E-state index in [9.17, 15) is 18.8 Å². The van der Waals surface area contributed by atoms with E-state index in [4.69, 9.17) is 11.6 Å². The van der Waals surface area contributed by atoms with Crippen LogP contribution in [0.1, 0.15) is 49.5 Å². The Morgan fingerprint density at radius 3 is 2.62 bits per heavy atom. The summed E-state index contributed by atoms with van der Waals surface area (Å²) in [5.74, 6) is -0.607. The molecule has 0 radical (unpaired) electrons. The van der Waals surface area contributed by atoms with E-state index in [0.29, 0.717) is 35.0 Å². The zero-order valence-corrected chi connectivity index (χ0v) is 19.9. The molecule has 4 rings (SSSR count). The maximum Gasteiger partial charge on any atom is 0.352 e. The number of carbonyl (C=O) groups excluding carboxylic acids is 1. The van der Waals surface area contributed by atoms with Gasteiger partial charge in [-0.3, -0.25) is 14.2 Å². The van der Waals surface area contributed by atoms with E-state index in [1.807, 2.05) is 20.8 Å². The van der Waals surface area contributed by atoms with Crippen molar-refractivity contribution in [2.75, 3.05) is 0 Å². The fraction of sp³-hybridized carbons (Fsp3) is 0.333. The Bertz CT molecular complexity index is 1520. The first-order valence-electron chi connectivity index (χ1n) is 11.2. The first-order chi connectivity index (χ1) is 16.2. The molecule has 1 unspecified atom stereocenters. The van der Waals surface area contributed by atoms with Gasteiger partial charge in [-0.15, -0.1) is 5.10 Å². The van der Waals surface area contributed by atoms with Crippen LogP contribution < -0.4 is 16.6 Å². The van der Waals surface area contributed by atoms with Crippen molar-refractivity contribution in [2.45, 2.75) is 52.7 Å². The maximum absolute atomic E-state index is 13.5. The summed E-state index contributed by atoms with van der Waals surface area (Å²) in [5.41, 5.74) is 0.351. The lowest BCUT2D eigenvalue weighted by molar-refractivity contribution is 0.0939. The molecule has 0 bridgehead atoms. The summed E-state index contributed by atoms with van der Waals surface area (Å²) in [6.45, 7) is 6.14. The summed E-state index contributed by atoms with van der Waals surface area (Å²) in [5, 5.41) is 7.78. The van der Waals surface area contributed by atoms with Crippen LogP contribution in [0.2, 0.25) is 5.02 Å². The fourth-order valence-electron chi connectivity index (χ4n) is 3.81. The number of hydrogen-bond acceptors (Lipinski definition) is 4. The lowest BCUT2D eigenvalue weighted by Gasteiger charge is -2.13. The highest BCUT2D eigenvalue weighted by molar-refractivity contribution is 6.31. The first-order valence-corrected chi connectivity index (χ1v) is 11.5. The molecule has 0 aliphatic carbocycles. The van der Waals surface area contributed by atoms with E-state index in [1.165, 1.54) is 37.9 Å². The van der Waals surface area contributed by atoms with Crippen LogP contribution in [0.3, 0.4) is 0 Å². The van der Waals surface area contributed by atoms with Crippen molar-refractivity contribution >= 4 is 34.2 Å². The van der Waals surface area contributed by atoms with Crippen LogP contribution in [-0.4, -0.2) is 30.7 Å². The summed E-state index contributed by atoms with van der Waals surface area (Å²) >= 11 is 6.15. The second-order valence-corrected chi connectivity index (χ2v) is 8.69.